The van der Waals surface area contributed by atoms with Crippen molar-refractivity contribution in [2.45, 2.75) is 38.3 Å². The van der Waals surface area contributed by atoms with Gasteiger partial charge >= 0.3 is 6.18 Å². The second kappa shape index (κ2) is 6.02. The summed E-state index contributed by atoms with van der Waals surface area (Å²) < 4.78 is 61.8. The zero-order chi connectivity index (χ0) is 13.8. The van der Waals surface area contributed by atoms with Gasteiger partial charge in [0, 0.05) is 12.1 Å². The molecule has 6 heteroatoms. The summed E-state index contributed by atoms with van der Waals surface area (Å²) in [6.45, 7) is 0. The first-order valence-electron chi connectivity index (χ1n) is 5.54. The highest BCUT2D eigenvalue weighted by molar-refractivity contribution is 5.46. The molecule has 0 aromatic heterocycles. The van der Waals surface area contributed by atoms with Gasteiger partial charge in [-0.15, -0.1) is 0 Å². The summed E-state index contributed by atoms with van der Waals surface area (Å²) in [5, 5.41) is 0. The van der Waals surface area contributed by atoms with Crippen LogP contribution in [0.1, 0.15) is 30.4 Å². The molecule has 0 fully saturated rings. The average Bonchev–Trinajstić information content (AvgIpc) is 2.24. The van der Waals surface area contributed by atoms with E-state index < -0.39 is 18.2 Å². The van der Waals surface area contributed by atoms with Crippen molar-refractivity contribution in [2.24, 2.45) is 0 Å². The standard InChI is InChI=1S/C12H14F5N/c13-11(14)4-2-1-3-8-5-6-9(18)7-10(8)12(15,16)17/h5-7,11H,1-4,18H2. The van der Waals surface area contributed by atoms with Crippen LogP contribution in [0.4, 0.5) is 27.6 Å². The Labute approximate surface area is 102 Å². The molecule has 2 N–H and O–H groups in total. The van der Waals surface area contributed by atoms with Crippen LogP contribution in [-0.4, -0.2) is 6.43 Å². The fourth-order valence-electron chi connectivity index (χ4n) is 1.69. The van der Waals surface area contributed by atoms with Crippen molar-refractivity contribution >= 4 is 5.69 Å². The number of nitrogen functional groups attached to an aromatic ring is 1. The highest BCUT2D eigenvalue weighted by Crippen LogP contribution is 2.34. The Bertz CT molecular complexity index is 387. The molecule has 1 aromatic carbocycles. The molecule has 0 radical (unpaired) electrons. The first kappa shape index (κ1) is 14.7. The van der Waals surface area contributed by atoms with Crippen molar-refractivity contribution in [1.82, 2.24) is 0 Å². The number of alkyl halides is 5. The largest absolute Gasteiger partial charge is 0.416 e. The van der Waals surface area contributed by atoms with E-state index >= 15 is 0 Å². The lowest BCUT2D eigenvalue weighted by Crippen LogP contribution is -2.10. The van der Waals surface area contributed by atoms with E-state index in [0.29, 0.717) is 6.42 Å². The summed E-state index contributed by atoms with van der Waals surface area (Å²) in [5.74, 6) is 0. The maximum absolute atomic E-state index is 12.7. The van der Waals surface area contributed by atoms with Gasteiger partial charge in [-0.2, -0.15) is 13.2 Å². The molecule has 102 valence electrons. The van der Waals surface area contributed by atoms with Gasteiger partial charge in [-0.25, -0.2) is 8.78 Å². The van der Waals surface area contributed by atoms with Crippen LogP contribution in [-0.2, 0) is 12.6 Å². The van der Waals surface area contributed by atoms with E-state index in [-0.39, 0.29) is 30.5 Å². The van der Waals surface area contributed by atoms with E-state index in [1.54, 1.807) is 0 Å². The smallest absolute Gasteiger partial charge is 0.399 e. The van der Waals surface area contributed by atoms with E-state index in [2.05, 4.69) is 0 Å². The van der Waals surface area contributed by atoms with Crippen molar-refractivity contribution < 1.29 is 22.0 Å². The molecule has 0 saturated heterocycles. The van der Waals surface area contributed by atoms with Crippen molar-refractivity contribution in [2.75, 3.05) is 5.73 Å². The number of hydrogen-bond donors (Lipinski definition) is 1. The van der Waals surface area contributed by atoms with Crippen molar-refractivity contribution in [3.63, 3.8) is 0 Å². The lowest BCUT2D eigenvalue weighted by molar-refractivity contribution is -0.138. The Kier molecular flexibility index (Phi) is 4.93. The third kappa shape index (κ3) is 4.50. The Balaban J connectivity index is 2.70. The van der Waals surface area contributed by atoms with Gasteiger partial charge < -0.3 is 5.73 Å². The van der Waals surface area contributed by atoms with Crippen LogP contribution in [0.2, 0.25) is 0 Å². The maximum atomic E-state index is 12.7. The minimum atomic E-state index is -4.46. The molecule has 0 spiro atoms. The van der Waals surface area contributed by atoms with E-state index in [0.717, 1.165) is 6.07 Å². The molecule has 1 rings (SSSR count). The molecule has 0 unspecified atom stereocenters. The molecule has 1 aromatic rings. The Morgan fingerprint density at radius 3 is 2.33 bits per heavy atom. The van der Waals surface area contributed by atoms with Crippen molar-refractivity contribution in [3.8, 4) is 0 Å². The fourth-order valence-corrected chi connectivity index (χ4v) is 1.69. The number of benzene rings is 1. The first-order valence-corrected chi connectivity index (χ1v) is 5.54. The number of halogens is 5. The lowest BCUT2D eigenvalue weighted by atomic mass is 10.00. The van der Waals surface area contributed by atoms with E-state index in [1.807, 2.05) is 0 Å². The van der Waals surface area contributed by atoms with Crippen LogP contribution >= 0.6 is 0 Å². The van der Waals surface area contributed by atoms with Crippen molar-refractivity contribution in [3.05, 3.63) is 29.3 Å². The molecule has 0 saturated carbocycles. The van der Waals surface area contributed by atoms with Gasteiger partial charge in [-0.3, -0.25) is 0 Å². The van der Waals surface area contributed by atoms with E-state index in [1.165, 1.54) is 12.1 Å². The second-order valence-corrected chi connectivity index (χ2v) is 4.05. The minimum Gasteiger partial charge on any atom is -0.399 e. The van der Waals surface area contributed by atoms with Crippen LogP contribution in [0, 0.1) is 0 Å². The van der Waals surface area contributed by atoms with Gasteiger partial charge in [0.2, 0.25) is 6.43 Å². The highest BCUT2D eigenvalue weighted by Gasteiger charge is 2.33. The number of rotatable bonds is 5. The van der Waals surface area contributed by atoms with Crippen LogP contribution in [0.3, 0.4) is 0 Å². The van der Waals surface area contributed by atoms with Crippen LogP contribution < -0.4 is 5.73 Å². The van der Waals surface area contributed by atoms with Gasteiger partial charge in [0.1, 0.15) is 0 Å². The number of anilines is 1. The molecule has 0 atom stereocenters. The monoisotopic (exact) mass is 267 g/mol. The molecular formula is C12H14F5N. The van der Waals surface area contributed by atoms with Crippen LogP contribution in [0.15, 0.2) is 18.2 Å². The first-order chi connectivity index (χ1) is 8.30. The summed E-state index contributed by atoms with van der Waals surface area (Å²) >= 11 is 0. The Morgan fingerprint density at radius 2 is 1.78 bits per heavy atom. The summed E-state index contributed by atoms with van der Waals surface area (Å²) in [6, 6.07) is 3.57. The molecule has 0 amide bonds. The number of nitrogens with two attached hydrogens (primary N) is 1. The number of aryl methyl sites for hydroxylation is 1. The Hall–Kier alpha value is -1.33. The lowest BCUT2D eigenvalue weighted by Gasteiger charge is -2.13. The third-order valence-corrected chi connectivity index (χ3v) is 2.56. The van der Waals surface area contributed by atoms with Gasteiger partial charge in [-0.1, -0.05) is 6.07 Å². The van der Waals surface area contributed by atoms with Crippen LogP contribution in [0.5, 0.6) is 0 Å². The summed E-state index contributed by atoms with van der Waals surface area (Å²) in [7, 11) is 0. The number of hydrogen-bond acceptors (Lipinski definition) is 1. The predicted octanol–water partition coefficient (Wildman–Crippen LogP) is 4.27. The molecule has 0 bridgehead atoms. The molecule has 0 heterocycles. The third-order valence-electron chi connectivity index (χ3n) is 2.56. The quantitative estimate of drug-likeness (QED) is 0.481. The normalized spacial score (nSPS) is 12.1. The topological polar surface area (TPSA) is 26.0 Å². The summed E-state index contributed by atoms with van der Waals surface area (Å²) in [6.07, 6.45) is -6.51. The maximum Gasteiger partial charge on any atom is 0.416 e. The molecule has 18 heavy (non-hydrogen) atoms. The molecular weight excluding hydrogens is 253 g/mol. The fraction of sp³-hybridized carbons (Fsp3) is 0.500. The second-order valence-electron chi connectivity index (χ2n) is 4.05. The summed E-state index contributed by atoms with van der Waals surface area (Å²) in [4.78, 5) is 0. The van der Waals surface area contributed by atoms with Crippen LogP contribution in [0.25, 0.3) is 0 Å². The van der Waals surface area contributed by atoms with E-state index in [9.17, 15) is 22.0 Å². The molecule has 0 aliphatic rings. The highest BCUT2D eigenvalue weighted by atomic mass is 19.4. The van der Waals surface area contributed by atoms with Gasteiger partial charge in [0.15, 0.2) is 0 Å². The van der Waals surface area contributed by atoms with Gasteiger partial charge in [-0.05, 0) is 37.0 Å². The number of unbranched alkanes of at least 4 members (excludes halogenated alkanes) is 1. The zero-order valence-corrected chi connectivity index (χ0v) is 9.61. The van der Waals surface area contributed by atoms with Gasteiger partial charge in [0.05, 0.1) is 5.56 Å². The van der Waals surface area contributed by atoms with E-state index in [4.69, 9.17) is 5.73 Å². The summed E-state index contributed by atoms with van der Waals surface area (Å²) in [5.41, 5.74) is 4.68. The minimum absolute atomic E-state index is 0.0404. The average molecular weight is 267 g/mol. The molecule has 1 nitrogen and oxygen atoms in total. The SMILES string of the molecule is Nc1ccc(CCCCC(F)F)c(C(F)(F)F)c1. The molecule has 0 aliphatic heterocycles. The molecule has 0 aliphatic carbocycles. The van der Waals surface area contributed by atoms with Crippen molar-refractivity contribution in [1.29, 1.82) is 0 Å². The Morgan fingerprint density at radius 1 is 1.11 bits per heavy atom. The predicted molar refractivity (Wildman–Crippen MR) is 59.4 cm³/mol. The zero-order valence-electron chi connectivity index (χ0n) is 9.61. The van der Waals surface area contributed by atoms with Gasteiger partial charge in [0.25, 0.3) is 0 Å².